The first-order valence-electron chi connectivity index (χ1n) is 6.83. The highest BCUT2D eigenvalue weighted by atomic mass is 32.2. The van der Waals surface area contributed by atoms with Gasteiger partial charge in [-0.15, -0.1) is 0 Å². The molecule has 2 atom stereocenters. The summed E-state index contributed by atoms with van der Waals surface area (Å²) in [5, 5.41) is -0.757. The zero-order valence-electron chi connectivity index (χ0n) is 11.7. The number of thiocarbonyl (C=S) groups is 1. The van der Waals surface area contributed by atoms with Crippen LogP contribution < -0.4 is 5.73 Å². The van der Waals surface area contributed by atoms with Gasteiger partial charge in [0, 0.05) is 19.7 Å². The van der Waals surface area contributed by atoms with Gasteiger partial charge < -0.3 is 10.5 Å². The van der Waals surface area contributed by atoms with Crippen LogP contribution >= 0.6 is 12.2 Å². The van der Waals surface area contributed by atoms with Crippen molar-refractivity contribution in [1.29, 1.82) is 0 Å². The predicted octanol–water partition coefficient (Wildman–Crippen LogP) is 1.27. The molecule has 1 aliphatic rings. The summed E-state index contributed by atoms with van der Waals surface area (Å²) in [5.41, 5.74) is 5.55. The minimum atomic E-state index is -3.44. The van der Waals surface area contributed by atoms with Crippen LogP contribution in [0.5, 0.6) is 0 Å². The van der Waals surface area contributed by atoms with Crippen LogP contribution in [-0.2, 0) is 14.8 Å². The molecule has 2 unspecified atom stereocenters. The number of sulfonamides is 1. The summed E-state index contributed by atoms with van der Waals surface area (Å²) in [5.74, 6) is 0. The van der Waals surface area contributed by atoms with Gasteiger partial charge in [-0.2, -0.15) is 4.31 Å². The molecule has 19 heavy (non-hydrogen) atoms. The van der Waals surface area contributed by atoms with E-state index >= 15 is 0 Å². The molecule has 0 bridgehead atoms. The average molecular weight is 308 g/mol. The van der Waals surface area contributed by atoms with Crippen molar-refractivity contribution in [3.05, 3.63) is 0 Å². The summed E-state index contributed by atoms with van der Waals surface area (Å²) in [6, 6.07) is 0. The second kappa shape index (κ2) is 7.52. The molecule has 0 aromatic carbocycles. The van der Waals surface area contributed by atoms with Gasteiger partial charge in [0.25, 0.3) is 0 Å². The molecule has 0 aromatic rings. The molecule has 1 aliphatic heterocycles. The van der Waals surface area contributed by atoms with Crippen molar-refractivity contribution in [2.45, 2.75) is 50.9 Å². The minimum absolute atomic E-state index is 0.00710. The fourth-order valence-corrected chi connectivity index (χ4v) is 4.66. The Kier molecular flexibility index (Phi) is 6.65. The number of nitrogens with two attached hydrogens (primary N) is 1. The second-order valence-corrected chi connectivity index (χ2v) is 7.42. The van der Waals surface area contributed by atoms with Gasteiger partial charge in [0.15, 0.2) is 0 Å². The van der Waals surface area contributed by atoms with Crippen molar-refractivity contribution in [1.82, 2.24) is 4.31 Å². The van der Waals surface area contributed by atoms with E-state index in [0.29, 0.717) is 26.1 Å². The predicted molar refractivity (Wildman–Crippen MR) is 80.6 cm³/mol. The Morgan fingerprint density at radius 2 is 2.21 bits per heavy atom. The molecule has 1 saturated heterocycles. The average Bonchev–Trinajstić information content (AvgIpc) is 2.36. The first-order chi connectivity index (χ1) is 8.93. The van der Waals surface area contributed by atoms with Crippen molar-refractivity contribution in [3.63, 3.8) is 0 Å². The molecule has 7 heteroatoms. The van der Waals surface area contributed by atoms with E-state index < -0.39 is 15.3 Å². The van der Waals surface area contributed by atoms with E-state index in [1.165, 1.54) is 4.31 Å². The lowest BCUT2D eigenvalue weighted by Gasteiger charge is -2.33. The van der Waals surface area contributed by atoms with E-state index in [9.17, 15) is 8.42 Å². The lowest BCUT2D eigenvalue weighted by Crippen LogP contribution is -2.49. The highest BCUT2D eigenvalue weighted by Gasteiger charge is 2.36. The minimum Gasteiger partial charge on any atom is -0.392 e. The zero-order valence-corrected chi connectivity index (χ0v) is 13.3. The van der Waals surface area contributed by atoms with Gasteiger partial charge in [-0.05, 0) is 25.7 Å². The second-order valence-electron chi connectivity index (χ2n) is 4.84. The van der Waals surface area contributed by atoms with Crippen LogP contribution in [0.25, 0.3) is 0 Å². The molecule has 0 saturated carbocycles. The summed E-state index contributed by atoms with van der Waals surface area (Å²) in [6.45, 7) is 5.45. The van der Waals surface area contributed by atoms with E-state index in [1.54, 1.807) is 6.92 Å². The molecule has 1 rings (SSSR count). The Balaban J connectivity index is 2.74. The fourth-order valence-electron chi connectivity index (χ4n) is 2.30. The van der Waals surface area contributed by atoms with Crippen molar-refractivity contribution in [2.24, 2.45) is 5.73 Å². The molecule has 0 spiro atoms. The maximum absolute atomic E-state index is 12.5. The highest BCUT2D eigenvalue weighted by molar-refractivity contribution is 7.92. The molecule has 0 amide bonds. The maximum Gasteiger partial charge on any atom is 0.223 e. The summed E-state index contributed by atoms with van der Waals surface area (Å²) < 4.78 is 32.1. The van der Waals surface area contributed by atoms with Gasteiger partial charge in [0.05, 0.1) is 11.1 Å². The quantitative estimate of drug-likeness (QED) is 0.717. The van der Waals surface area contributed by atoms with Crippen molar-refractivity contribution < 1.29 is 13.2 Å². The molecule has 2 N–H and O–H groups in total. The molecular formula is C12H24N2O3S2. The SMILES string of the molecule is CCCOC1CCCN(S(=O)(=O)C(CC)C(N)=S)C1. The van der Waals surface area contributed by atoms with Crippen LogP contribution in [0.4, 0.5) is 0 Å². The molecular weight excluding hydrogens is 284 g/mol. The number of nitrogens with zero attached hydrogens (tertiary/aromatic N) is 1. The molecule has 0 aliphatic carbocycles. The van der Waals surface area contributed by atoms with Crippen molar-refractivity contribution in [2.75, 3.05) is 19.7 Å². The Bertz CT molecular complexity index is 398. The van der Waals surface area contributed by atoms with E-state index in [-0.39, 0.29) is 11.1 Å². The molecule has 1 heterocycles. The third kappa shape index (κ3) is 4.37. The summed E-state index contributed by atoms with van der Waals surface area (Å²) in [7, 11) is -3.44. The monoisotopic (exact) mass is 308 g/mol. The molecule has 1 fully saturated rings. The number of piperidine rings is 1. The normalized spacial score (nSPS) is 23.2. The molecule has 5 nitrogen and oxygen atoms in total. The van der Waals surface area contributed by atoms with Gasteiger partial charge in [0.2, 0.25) is 10.0 Å². The zero-order chi connectivity index (χ0) is 14.5. The molecule has 0 aromatic heterocycles. The lowest BCUT2D eigenvalue weighted by molar-refractivity contribution is 0.0192. The standard InChI is InChI=1S/C12H24N2O3S2/c1-3-8-17-10-6-5-7-14(9-10)19(15,16)11(4-2)12(13)18/h10-11H,3-9H2,1-2H3,(H2,13,18). The number of hydrogen-bond donors (Lipinski definition) is 1. The largest absolute Gasteiger partial charge is 0.392 e. The summed E-state index contributed by atoms with van der Waals surface area (Å²) in [4.78, 5) is 0.0547. The first-order valence-corrected chi connectivity index (χ1v) is 8.74. The Labute approximate surface area is 121 Å². The van der Waals surface area contributed by atoms with E-state index in [1.807, 2.05) is 6.92 Å². The number of ether oxygens (including phenoxy) is 1. The van der Waals surface area contributed by atoms with Crippen molar-refractivity contribution >= 4 is 27.2 Å². The summed E-state index contributed by atoms with van der Waals surface area (Å²) >= 11 is 4.87. The van der Waals surface area contributed by atoms with Gasteiger partial charge >= 0.3 is 0 Å². The number of rotatable bonds is 7. The third-order valence-electron chi connectivity index (χ3n) is 3.31. The van der Waals surface area contributed by atoms with Crippen LogP contribution in [0.3, 0.4) is 0 Å². The first kappa shape index (κ1) is 16.8. The van der Waals surface area contributed by atoms with Crippen LogP contribution in [0.15, 0.2) is 0 Å². The Hall–Kier alpha value is -0.240. The van der Waals surface area contributed by atoms with Crippen LogP contribution in [-0.4, -0.2) is 48.8 Å². The van der Waals surface area contributed by atoms with E-state index in [2.05, 4.69) is 0 Å². The van der Waals surface area contributed by atoms with E-state index in [0.717, 1.165) is 19.3 Å². The van der Waals surface area contributed by atoms with Gasteiger partial charge in [-0.3, -0.25) is 0 Å². The van der Waals surface area contributed by atoms with Crippen LogP contribution in [0.1, 0.15) is 39.5 Å². The van der Waals surface area contributed by atoms with E-state index in [4.69, 9.17) is 22.7 Å². The maximum atomic E-state index is 12.5. The molecule has 0 radical (unpaired) electrons. The highest BCUT2D eigenvalue weighted by Crippen LogP contribution is 2.21. The lowest BCUT2D eigenvalue weighted by atomic mass is 10.1. The topological polar surface area (TPSA) is 72.6 Å². The Morgan fingerprint density at radius 1 is 1.53 bits per heavy atom. The van der Waals surface area contributed by atoms with Crippen LogP contribution in [0.2, 0.25) is 0 Å². The smallest absolute Gasteiger partial charge is 0.223 e. The van der Waals surface area contributed by atoms with Crippen molar-refractivity contribution in [3.8, 4) is 0 Å². The Morgan fingerprint density at radius 3 is 2.74 bits per heavy atom. The van der Waals surface area contributed by atoms with Gasteiger partial charge in [-0.25, -0.2) is 8.42 Å². The molecule has 112 valence electrons. The summed E-state index contributed by atoms with van der Waals surface area (Å²) in [6.07, 6.45) is 3.08. The van der Waals surface area contributed by atoms with Crippen LogP contribution in [0, 0.1) is 0 Å². The third-order valence-corrected chi connectivity index (χ3v) is 6.10. The van der Waals surface area contributed by atoms with Gasteiger partial charge in [-0.1, -0.05) is 26.1 Å². The fraction of sp³-hybridized carbons (Fsp3) is 0.917. The number of hydrogen-bond acceptors (Lipinski definition) is 4. The van der Waals surface area contributed by atoms with Gasteiger partial charge in [0.1, 0.15) is 5.25 Å².